The van der Waals surface area contributed by atoms with E-state index < -0.39 is 6.04 Å². The molecule has 3 rings (SSSR count). The van der Waals surface area contributed by atoms with Gasteiger partial charge < -0.3 is 10.2 Å². The smallest absolute Gasteiger partial charge is 0.243 e. The van der Waals surface area contributed by atoms with Crippen molar-refractivity contribution in [2.75, 3.05) is 6.54 Å². The van der Waals surface area contributed by atoms with Gasteiger partial charge in [0.05, 0.1) is 6.42 Å². The fourth-order valence-corrected chi connectivity index (χ4v) is 3.64. The second-order valence-corrected chi connectivity index (χ2v) is 6.84. The molecule has 1 N–H and O–H groups in total. The summed E-state index contributed by atoms with van der Waals surface area (Å²) in [6, 6.07) is 9.74. The van der Waals surface area contributed by atoms with Crippen LogP contribution in [0.4, 0.5) is 4.39 Å². The number of hydrogen-bond acceptors (Lipinski definition) is 3. The molecule has 0 radical (unpaired) electrons. The largest absolute Gasteiger partial charge is 0.350 e. The maximum absolute atomic E-state index is 13.6. The number of nitrogens with one attached hydrogen (secondary N) is 1. The van der Waals surface area contributed by atoms with E-state index in [0.717, 1.165) is 11.3 Å². The van der Waals surface area contributed by atoms with Gasteiger partial charge in [0.1, 0.15) is 11.9 Å². The zero-order valence-electron chi connectivity index (χ0n) is 13.2. The van der Waals surface area contributed by atoms with E-state index in [0.29, 0.717) is 24.9 Å². The van der Waals surface area contributed by atoms with Crippen LogP contribution in [0.5, 0.6) is 0 Å². The van der Waals surface area contributed by atoms with E-state index in [1.165, 1.54) is 17.4 Å². The molecule has 4 nitrogen and oxygen atoms in total. The fourth-order valence-electron chi connectivity index (χ4n) is 2.94. The molecule has 6 heteroatoms. The molecule has 2 heterocycles. The van der Waals surface area contributed by atoms with E-state index >= 15 is 0 Å². The Morgan fingerprint density at radius 1 is 1.25 bits per heavy atom. The van der Waals surface area contributed by atoms with Gasteiger partial charge in [0.15, 0.2) is 0 Å². The summed E-state index contributed by atoms with van der Waals surface area (Å²) in [5.74, 6) is -0.578. The highest BCUT2D eigenvalue weighted by molar-refractivity contribution is 7.10. The summed E-state index contributed by atoms with van der Waals surface area (Å²) in [7, 11) is 0. The minimum absolute atomic E-state index is 0.0269. The van der Waals surface area contributed by atoms with E-state index in [4.69, 9.17) is 0 Å². The number of carbonyl (C=O) groups is 2. The summed E-state index contributed by atoms with van der Waals surface area (Å²) in [4.78, 5) is 27.5. The normalized spacial score (nSPS) is 17.0. The van der Waals surface area contributed by atoms with Crippen molar-refractivity contribution in [3.8, 4) is 0 Å². The first kappa shape index (κ1) is 16.6. The van der Waals surface area contributed by atoms with Gasteiger partial charge in [-0.1, -0.05) is 24.3 Å². The van der Waals surface area contributed by atoms with Gasteiger partial charge in [-0.2, -0.15) is 0 Å². The number of benzene rings is 1. The lowest BCUT2D eigenvalue weighted by atomic mass is 10.1. The number of carbonyl (C=O) groups excluding carboxylic acids is 2. The Bertz CT molecular complexity index is 718. The molecule has 1 aromatic heterocycles. The molecule has 1 saturated heterocycles. The lowest BCUT2D eigenvalue weighted by molar-refractivity contribution is -0.138. The minimum Gasteiger partial charge on any atom is -0.350 e. The molecule has 2 amide bonds. The van der Waals surface area contributed by atoms with Crippen LogP contribution in [-0.4, -0.2) is 29.3 Å². The minimum atomic E-state index is -0.454. The number of hydrogen-bond donors (Lipinski definition) is 1. The zero-order valence-corrected chi connectivity index (χ0v) is 14.0. The van der Waals surface area contributed by atoms with Gasteiger partial charge >= 0.3 is 0 Å². The maximum Gasteiger partial charge on any atom is 0.243 e. The molecule has 0 spiro atoms. The molecule has 0 aliphatic carbocycles. The van der Waals surface area contributed by atoms with Gasteiger partial charge in [-0.05, 0) is 30.4 Å². The van der Waals surface area contributed by atoms with Gasteiger partial charge in [0.2, 0.25) is 11.8 Å². The highest BCUT2D eigenvalue weighted by atomic mass is 32.1. The highest BCUT2D eigenvalue weighted by Gasteiger charge is 2.33. The first-order chi connectivity index (χ1) is 11.6. The number of thiophene rings is 1. The molecule has 2 aromatic rings. The van der Waals surface area contributed by atoms with Gasteiger partial charge in [0.25, 0.3) is 0 Å². The molecule has 0 unspecified atom stereocenters. The summed E-state index contributed by atoms with van der Waals surface area (Å²) in [6.07, 6.45) is 1.79. The molecule has 1 atom stereocenters. The summed E-state index contributed by atoms with van der Waals surface area (Å²) in [5, 5.41) is 4.69. The van der Waals surface area contributed by atoms with Crippen LogP contribution in [0.15, 0.2) is 41.8 Å². The predicted octanol–water partition coefficient (Wildman–Crippen LogP) is 2.74. The number of likely N-dealkylation sites (tertiary alicyclic amines) is 1. The molecule has 1 fully saturated rings. The van der Waals surface area contributed by atoms with E-state index in [2.05, 4.69) is 5.32 Å². The van der Waals surface area contributed by atoms with E-state index in [1.54, 1.807) is 23.1 Å². The first-order valence-corrected chi connectivity index (χ1v) is 8.86. The molecule has 0 bridgehead atoms. The molecule has 1 aliphatic heterocycles. The van der Waals surface area contributed by atoms with Gasteiger partial charge in [-0.25, -0.2) is 4.39 Å². The molecular weight excluding hydrogens is 327 g/mol. The van der Waals surface area contributed by atoms with Gasteiger partial charge in [0, 0.05) is 23.5 Å². The third kappa shape index (κ3) is 3.82. The molecule has 126 valence electrons. The lowest BCUT2D eigenvalue weighted by Crippen LogP contribution is -2.46. The number of nitrogens with zero attached hydrogens (tertiary/aromatic N) is 1. The number of halogens is 1. The molecule has 0 saturated carbocycles. The lowest BCUT2D eigenvalue weighted by Gasteiger charge is -2.24. The Morgan fingerprint density at radius 2 is 2.08 bits per heavy atom. The fraction of sp³-hybridized carbons (Fsp3) is 0.333. The highest BCUT2D eigenvalue weighted by Crippen LogP contribution is 2.20. The van der Waals surface area contributed by atoms with Crippen molar-refractivity contribution in [2.45, 2.75) is 31.8 Å². The van der Waals surface area contributed by atoms with Crippen LogP contribution < -0.4 is 5.32 Å². The van der Waals surface area contributed by atoms with Crippen LogP contribution in [-0.2, 0) is 22.6 Å². The van der Waals surface area contributed by atoms with Crippen molar-refractivity contribution in [1.82, 2.24) is 10.2 Å². The summed E-state index contributed by atoms with van der Waals surface area (Å²) < 4.78 is 13.6. The monoisotopic (exact) mass is 346 g/mol. The van der Waals surface area contributed by atoms with Crippen molar-refractivity contribution in [3.05, 3.63) is 58.0 Å². The van der Waals surface area contributed by atoms with Crippen molar-refractivity contribution < 1.29 is 14.0 Å². The van der Waals surface area contributed by atoms with E-state index in [1.807, 2.05) is 17.5 Å². The SMILES string of the molecule is O=C(NCc1ccccc1F)[C@@H]1CCCN1C(=O)Cc1cccs1. The Morgan fingerprint density at radius 3 is 2.83 bits per heavy atom. The quantitative estimate of drug-likeness (QED) is 0.905. The maximum atomic E-state index is 13.6. The van der Waals surface area contributed by atoms with Crippen LogP contribution >= 0.6 is 11.3 Å². The number of rotatable bonds is 5. The Balaban J connectivity index is 1.59. The van der Waals surface area contributed by atoms with E-state index in [-0.39, 0.29) is 24.2 Å². The molecule has 1 aromatic carbocycles. The van der Waals surface area contributed by atoms with Crippen molar-refractivity contribution in [1.29, 1.82) is 0 Å². The third-order valence-corrected chi connectivity index (χ3v) is 5.07. The van der Waals surface area contributed by atoms with Gasteiger partial charge in [-0.15, -0.1) is 11.3 Å². The average Bonchev–Trinajstić information content (AvgIpc) is 3.25. The Labute approximate surface area is 144 Å². The van der Waals surface area contributed by atoms with Gasteiger partial charge in [-0.3, -0.25) is 9.59 Å². The van der Waals surface area contributed by atoms with E-state index in [9.17, 15) is 14.0 Å². The van der Waals surface area contributed by atoms with Crippen molar-refractivity contribution in [3.63, 3.8) is 0 Å². The van der Waals surface area contributed by atoms with Crippen molar-refractivity contribution >= 4 is 23.2 Å². The zero-order chi connectivity index (χ0) is 16.9. The van der Waals surface area contributed by atoms with Crippen LogP contribution in [0.25, 0.3) is 0 Å². The van der Waals surface area contributed by atoms with Crippen LogP contribution in [0, 0.1) is 5.82 Å². The van der Waals surface area contributed by atoms with Crippen LogP contribution in [0.2, 0.25) is 0 Å². The molecule has 24 heavy (non-hydrogen) atoms. The van der Waals surface area contributed by atoms with Crippen molar-refractivity contribution in [2.24, 2.45) is 0 Å². The number of amides is 2. The summed E-state index contributed by atoms with van der Waals surface area (Å²) >= 11 is 1.54. The van der Waals surface area contributed by atoms with Crippen LogP contribution in [0.3, 0.4) is 0 Å². The Hall–Kier alpha value is -2.21. The topological polar surface area (TPSA) is 49.4 Å². The second-order valence-electron chi connectivity index (χ2n) is 5.81. The molecular formula is C18H19FN2O2S. The second kappa shape index (κ2) is 7.57. The average molecular weight is 346 g/mol. The Kier molecular flexibility index (Phi) is 5.25. The van der Waals surface area contributed by atoms with Crippen LogP contribution in [0.1, 0.15) is 23.3 Å². The molecule has 1 aliphatic rings. The predicted molar refractivity (Wildman–Crippen MR) is 91.0 cm³/mol. The standard InChI is InChI=1S/C18H19FN2O2S/c19-15-7-2-1-5-13(15)12-20-18(23)16-8-3-9-21(16)17(22)11-14-6-4-10-24-14/h1-2,4-7,10,16H,3,8-9,11-12H2,(H,20,23)/t16-/m0/s1. The first-order valence-electron chi connectivity index (χ1n) is 7.98. The summed E-state index contributed by atoms with van der Waals surface area (Å²) in [6.45, 7) is 0.733. The third-order valence-electron chi connectivity index (χ3n) is 4.19. The summed E-state index contributed by atoms with van der Waals surface area (Å²) in [5.41, 5.74) is 0.445.